The number of carboxylic acid groups (broad SMARTS) is 2. The molecule has 0 saturated heterocycles. The van der Waals surface area contributed by atoms with Gasteiger partial charge in [-0.15, -0.1) is 0 Å². The number of carbonyl (C=O) groups is 3. The summed E-state index contributed by atoms with van der Waals surface area (Å²) in [5.41, 5.74) is 0.131. The third kappa shape index (κ3) is 4.59. The number of hydrogen-bond donors (Lipinski definition) is 2. The molecule has 90 valence electrons. The summed E-state index contributed by atoms with van der Waals surface area (Å²) in [5, 5.41) is 17.3. The van der Waals surface area contributed by atoms with E-state index in [1.165, 1.54) is 13.8 Å². The Morgan fingerprint density at radius 1 is 1.31 bits per heavy atom. The van der Waals surface area contributed by atoms with E-state index in [0.29, 0.717) is 0 Å². The third-order valence-corrected chi connectivity index (χ3v) is 1.92. The van der Waals surface area contributed by atoms with Crippen LogP contribution in [0.1, 0.15) is 20.3 Å². The molecular weight excluding hydrogens is 216 g/mol. The minimum Gasteiger partial charge on any atom is -0.481 e. The molecule has 2 unspecified atom stereocenters. The van der Waals surface area contributed by atoms with Crippen molar-refractivity contribution in [1.29, 1.82) is 0 Å². The van der Waals surface area contributed by atoms with Gasteiger partial charge in [0.25, 0.3) is 0 Å². The van der Waals surface area contributed by atoms with Gasteiger partial charge in [0, 0.05) is 5.57 Å². The largest absolute Gasteiger partial charge is 0.481 e. The first kappa shape index (κ1) is 14.2. The van der Waals surface area contributed by atoms with E-state index < -0.39 is 36.4 Å². The number of esters is 1. The van der Waals surface area contributed by atoms with Crippen LogP contribution in [0.2, 0.25) is 0 Å². The van der Waals surface area contributed by atoms with Gasteiger partial charge in [0.05, 0.1) is 6.42 Å². The number of carboxylic acids is 2. The van der Waals surface area contributed by atoms with E-state index in [4.69, 9.17) is 14.9 Å². The van der Waals surface area contributed by atoms with E-state index in [2.05, 4.69) is 6.58 Å². The zero-order valence-corrected chi connectivity index (χ0v) is 9.10. The van der Waals surface area contributed by atoms with E-state index in [1.54, 1.807) is 0 Å². The molecule has 16 heavy (non-hydrogen) atoms. The summed E-state index contributed by atoms with van der Waals surface area (Å²) < 4.78 is 4.75. The summed E-state index contributed by atoms with van der Waals surface area (Å²) >= 11 is 0. The van der Waals surface area contributed by atoms with Gasteiger partial charge in [-0.05, 0) is 13.8 Å². The van der Waals surface area contributed by atoms with E-state index >= 15 is 0 Å². The van der Waals surface area contributed by atoms with Crippen molar-refractivity contribution < 1.29 is 29.3 Å². The minimum absolute atomic E-state index is 0.131. The molecule has 0 aromatic rings. The number of ether oxygens (including phenoxy) is 1. The molecule has 6 heteroatoms. The van der Waals surface area contributed by atoms with Crippen LogP contribution < -0.4 is 0 Å². The van der Waals surface area contributed by atoms with Gasteiger partial charge in [-0.2, -0.15) is 0 Å². The molecule has 6 nitrogen and oxygen atoms in total. The first-order valence-corrected chi connectivity index (χ1v) is 4.56. The van der Waals surface area contributed by atoms with Gasteiger partial charge in [-0.3, -0.25) is 9.59 Å². The van der Waals surface area contributed by atoms with Crippen LogP contribution in [-0.2, 0) is 19.1 Å². The van der Waals surface area contributed by atoms with Crippen molar-refractivity contribution in [3.8, 4) is 0 Å². The Kier molecular flexibility index (Phi) is 5.21. The summed E-state index contributed by atoms with van der Waals surface area (Å²) in [7, 11) is 0. The molecule has 2 N–H and O–H groups in total. The van der Waals surface area contributed by atoms with Gasteiger partial charge in [-0.1, -0.05) is 6.58 Å². The molecule has 0 amide bonds. The van der Waals surface area contributed by atoms with Crippen LogP contribution in [0.5, 0.6) is 0 Å². The highest BCUT2D eigenvalue weighted by Crippen LogP contribution is 2.14. The molecule has 0 bridgehead atoms. The fraction of sp³-hybridized carbons (Fsp3) is 0.500. The molecule has 0 spiro atoms. The molecule has 0 aromatic carbocycles. The number of aliphatic carboxylic acids is 2. The molecule has 0 aromatic heterocycles. The second-order valence-corrected chi connectivity index (χ2v) is 3.43. The van der Waals surface area contributed by atoms with Gasteiger partial charge in [0.2, 0.25) is 0 Å². The fourth-order valence-electron chi connectivity index (χ4n) is 0.994. The lowest BCUT2D eigenvalue weighted by Gasteiger charge is -2.19. The Hall–Kier alpha value is -1.85. The second-order valence-electron chi connectivity index (χ2n) is 3.43. The number of hydrogen-bond acceptors (Lipinski definition) is 4. The van der Waals surface area contributed by atoms with Crippen LogP contribution in [0, 0.1) is 5.92 Å². The minimum atomic E-state index is -1.32. The highest BCUT2D eigenvalue weighted by atomic mass is 16.5. The smallest absolute Gasteiger partial charge is 0.333 e. The van der Waals surface area contributed by atoms with Crippen molar-refractivity contribution in [3.63, 3.8) is 0 Å². The van der Waals surface area contributed by atoms with Crippen molar-refractivity contribution in [2.75, 3.05) is 0 Å². The summed E-state index contributed by atoms with van der Waals surface area (Å²) in [5.74, 6) is -4.57. The average molecular weight is 230 g/mol. The molecule has 0 aliphatic rings. The summed E-state index contributed by atoms with van der Waals surface area (Å²) in [6.07, 6.45) is -1.61. The normalized spacial score (nSPS) is 13.6. The van der Waals surface area contributed by atoms with Gasteiger partial charge >= 0.3 is 17.9 Å². The molecule has 0 aliphatic heterocycles. The van der Waals surface area contributed by atoms with Gasteiger partial charge in [0.15, 0.2) is 0 Å². The number of carbonyl (C=O) groups excluding carboxylic acids is 1. The molecule has 0 aliphatic carbocycles. The Morgan fingerprint density at radius 3 is 2.12 bits per heavy atom. The van der Waals surface area contributed by atoms with Crippen molar-refractivity contribution in [2.45, 2.75) is 26.4 Å². The Morgan fingerprint density at radius 2 is 1.81 bits per heavy atom. The van der Waals surface area contributed by atoms with Crippen molar-refractivity contribution in [2.24, 2.45) is 5.92 Å². The second kappa shape index (κ2) is 5.89. The number of rotatable bonds is 6. The van der Waals surface area contributed by atoms with Crippen LogP contribution >= 0.6 is 0 Å². The average Bonchev–Trinajstić information content (AvgIpc) is 2.12. The maximum atomic E-state index is 11.1. The lowest BCUT2D eigenvalue weighted by atomic mass is 10.00. The summed E-state index contributed by atoms with van der Waals surface area (Å²) in [6, 6.07) is 0. The molecule has 0 heterocycles. The van der Waals surface area contributed by atoms with Crippen LogP contribution in [0.15, 0.2) is 12.2 Å². The zero-order chi connectivity index (χ0) is 12.9. The van der Waals surface area contributed by atoms with Crippen LogP contribution in [-0.4, -0.2) is 34.2 Å². The van der Waals surface area contributed by atoms with Crippen molar-refractivity contribution in [3.05, 3.63) is 12.2 Å². The molecular formula is C10H14O6. The lowest BCUT2D eigenvalue weighted by Crippen LogP contribution is -2.32. The van der Waals surface area contributed by atoms with E-state index in [0.717, 1.165) is 0 Å². The van der Waals surface area contributed by atoms with Crippen LogP contribution in [0.4, 0.5) is 0 Å². The third-order valence-electron chi connectivity index (χ3n) is 1.92. The van der Waals surface area contributed by atoms with Crippen molar-refractivity contribution >= 4 is 17.9 Å². The molecule has 0 saturated carbocycles. The Labute approximate surface area is 92.5 Å². The SMILES string of the molecule is C=C(C)C(=O)OC(C)C(CC(=O)O)C(=O)O. The van der Waals surface area contributed by atoms with Crippen LogP contribution in [0.3, 0.4) is 0 Å². The topological polar surface area (TPSA) is 101 Å². The first-order valence-electron chi connectivity index (χ1n) is 4.56. The summed E-state index contributed by atoms with van der Waals surface area (Å²) in [4.78, 5) is 32.3. The van der Waals surface area contributed by atoms with E-state index in [1.807, 2.05) is 0 Å². The van der Waals surface area contributed by atoms with Crippen LogP contribution in [0.25, 0.3) is 0 Å². The molecule has 0 fully saturated rings. The van der Waals surface area contributed by atoms with Gasteiger partial charge in [-0.25, -0.2) is 4.79 Å². The maximum Gasteiger partial charge on any atom is 0.333 e. The predicted molar refractivity (Wildman–Crippen MR) is 53.7 cm³/mol. The quantitative estimate of drug-likeness (QED) is 0.513. The van der Waals surface area contributed by atoms with E-state index in [9.17, 15) is 14.4 Å². The Balaban J connectivity index is 4.56. The van der Waals surface area contributed by atoms with Gasteiger partial charge in [0.1, 0.15) is 12.0 Å². The zero-order valence-electron chi connectivity index (χ0n) is 9.10. The molecule has 2 atom stereocenters. The first-order chi connectivity index (χ1) is 7.25. The van der Waals surface area contributed by atoms with Crippen molar-refractivity contribution in [1.82, 2.24) is 0 Å². The van der Waals surface area contributed by atoms with Gasteiger partial charge < -0.3 is 14.9 Å². The highest BCUT2D eigenvalue weighted by molar-refractivity contribution is 5.87. The summed E-state index contributed by atoms with van der Waals surface area (Å²) in [6.45, 7) is 6.09. The standard InChI is InChI=1S/C10H14O6/c1-5(2)10(15)16-6(3)7(9(13)14)4-8(11)12/h6-7H,1,4H2,2-3H3,(H,11,12)(H,13,14). The molecule has 0 rings (SSSR count). The maximum absolute atomic E-state index is 11.1. The lowest BCUT2D eigenvalue weighted by molar-refractivity contribution is -0.159. The van der Waals surface area contributed by atoms with E-state index in [-0.39, 0.29) is 5.57 Å². The monoisotopic (exact) mass is 230 g/mol. The Bertz CT molecular complexity index is 319. The molecule has 0 radical (unpaired) electrons. The predicted octanol–water partition coefficient (Wildman–Crippen LogP) is 0.670. The highest BCUT2D eigenvalue weighted by Gasteiger charge is 2.30. The fourth-order valence-corrected chi connectivity index (χ4v) is 0.994.